The quantitative estimate of drug-likeness (QED) is 0.832. The Hall–Kier alpha value is -1.73. The van der Waals surface area contributed by atoms with Crippen molar-refractivity contribution in [1.82, 2.24) is 25.8 Å². The monoisotopic (exact) mass is 317 g/mol. The van der Waals surface area contributed by atoms with Gasteiger partial charge < -0.3 is 10.6 Å². The molecular formula is C15H19N5OS. The molecule has 0 saturated carbocycles. The smallest absolute Gasteiger partial charge is 0.291 e. The van der Waals surface area contributed by atoms with Crippen LogP contribution in [-0.4, -0.2) is 47.0 Å². The van der Waals surface area contributed by atoms with E-state index in [0.717, 1.165) is 30.8 Å². The Morgan fingerprint density at radius 3 is 2.91 bits per heavy atom. The molecule has 2 heterocycles. The number of fused-ring (bicyclic) bond motifs is 1. The zero-order valence-electron chi connectivity index (χ0n) is 12.5. The van der Waals surface area contributed by atoms with Crippen LogP contribution >= 0.6 is 11.8 Å². The molecule has 2 aromatic rings. The van der Waals surface area contributed by atoms with Gasteiger partial charge in [-0.3, -0.25) is 4.79 Å². The minimum absolute atomic E-state index is 0.139. The van der Waals surface area contributed by atoms with E-state index in [2.05, 4.69) is 25.8 Å². The summed E-state index contributed by atoms with van der Waals surface area (Å²) in [4.78, 5) is 17.6. The average Bonchev–Trinajstić information content (AvgIpc) is 2.59. The Bertz CT molecular complexity index is 672. The van der Waals surface area contributed by atoms with Crippen LogP contribution in [0.4, 0.5) is 0 Å². The third-order valence-electron chi connectivity index (χ3n) is 3.87. The molecule has 7 heteroatoms. The van der Waals surface area contributed by atoms with Crippen LogP contribution in [0.1, 0.15) is 23.5 Å². The van der Waals surface area contributed by atoms with Gasteiger partial charge in [0.1, 0.15) is 5.52 Å². The van der Waals surface area contributed by atoms with Gasteiger partial charge >= 0.3 is 0 Å². The summed E-state index contributed by atoms with van der Waals surface area (Å²) in [5.41, 5.74) is 1.40. The molecule has 1 saturated heterocycles. The zero-order valence-corrected chi connectivity index (χ0v) is 13.3. The minimum atomic E-state index is -0.248. The molecule has 6 nitrogen and oxygen atoms in total. The van der Waals surface area contributed by atoms with Gasteiger partial charge in [-0.2, -0.15) is 0 Å². The van der Waals surface area contributed by atoms with Crippen molar-refractivity contribution in [1.29, 1.82) is 0 Å². The number of nitrogens with one attached hydrogen (secondary N) is 2. The highest BCUT2D eigenvalue weighted by Gasteiger charge is 2.16. The number of piperidine rings is 1. The molecule has 1 aromatic carbocycles. The van der Waals surface area contributed by atoms with Crippen LogP contribution < -0.4 is 10.6 Å². The first-order valence-electron chi connectivity index (χ1n) is 7.43. The van der Waals surface area contributed by atoms with Crippen LogP contribution in [0.5, 0.6) is 0 Å². The number of carbonyl (C=O) groups excluding carboxylic acids is 1. The number of carbonyl (C=O) groups is 1. The first-order valence-corrected chi connectivity index (χ1v) is 8.66. The van der Waals surface area contributed by atoms with Crippen molar-refractivity contribution in [2.24, 2.45) is 5.92 Å². The standard InChI is InChI=1S/C15H19N5OS/c1-22-11-2-3-12-13(8-11)18-14(20-19-12)15(21)17-9-10-4-6-16-7-5-10/h2-3,8,10,16H,4-7,9H2,1H3,(H,17,21). The van der Waals surface area contributed by atoms with Crippen molar-refractivity contribution >= 4 is 28.7 Å². The topological polar surface area (TPSA) is 79.8 Å². The molecule has 0 unspecified atom stereocenters. The third-order valence-corrected chi connectivity index (χ3v) is 4.60. The van der Waals surface area contributed by atoms with E-state index in [1.807, 2.05) is 24.5 Å². The molecule has 1 aliphatic rings. The van der Waals surface area contributed by atoms with E-state index >= 15 is 0 Å². The molecule has 3 rings (SSSR count). The number of hydrogen-bond acceptors (Lipinski definition) is 6. The maximum absolute atomic E-state index is 12.2. The minimum Gasteiger partial charge on any atom is -0.349 e. The number of thioether (sulfide) groups is 1. The summed E-state index contributed by atoms with van der Waals surface area (Å²) < 4.78 is 0. The van der Waals surface area contributed by atoms with Gasteiger partial charge in [-0.25, -0.2) is 4.98 Å². The summed E-state index contributed by atoms with van der Waals surface area (Å²) in [6, 6.07) is 5.77. The summed E-state index contributed by atoms with van der Waals surface area (Å²) in [6.07, 6.45) is 4.19. The molecule has 0 bridgehead atoms. The van der Waals surface area contributed by atoms with E-state index < -0.39 is 0 Å². The van der Waals surface area contributed by atoms with Crippen molar-refractivity contribution in [3.05, 3.63) is 24.0 Å². The van der Waals surface area contributed by atoms with Crippen LogP contribution in [0.15, 0.2) is 23.1 Å². The fraction of sp³-hybridized carbons (Fsp3) is 0.467. The van der Waals surface area contributed by atoms with E-state index in [0.29, 0.717) is 23.5 Å². The second kappa shape index (κ2) is 7.02. The lowest BCUT2D eigenvalue weighted by molar-refractivity contribution is 0.0933. The Kier molecular flexibility index (Phi) is 4.84. The fourth-order valence-corrected chi connectivity index (χ4v) is 2.97. The molecule has 0 aliphatic carbocycles. The maximum atomic E-state index is 12.2. The summed E-state index contributed by atoms with van der Waals surface area (Å²) >= 11 is 1.63. The molecule has 0 atom stereocenters. The van der Waals surface area contributed by atoms with Gasteiger partial charge in [0.15, 0.2) is 0 Å². The van der Waals surface area contributed by atoms with Crippen molar-refractivity contribution in [2.45, 2.75) is 17.7 Å². The molecule has 116 valence electrons. The Labute approximate surface area is 133 Å². The Balaban J connectivity index is 1.70. The van der Waals surface area contributed by atoms with Crippen molar-refractivity contribution in [2.75, 3.05) is 25.9 Å². The van der Waals surface area contributed by atoms with Crippen molar-refractivity contribution < 1.29 is 4.79 Å². The van der Waals surface area contributed by atoms with E-state index in [4.69, 9.17) is 0 Å². The fourth-order valence-electron chi connectivity index (χ4n) is 2.54. The highest BCUT2D eigenvalue weighted by molar-refractivity contribution is 7.98. The number of benzene rings is 1. The van der Waals surface area contributed by atoms with Crippen molar-refractivity contribution in [3.63, 3.8) is 0 Å². The largest absolute Gasteiger partial charge is 0.349 e. The molecule has 1 fully saturated rings. The van der Waals surface area contributed by atoms with Gasteiger partial charge in [0.05, 0.1) is 5.52 Å². The summed E-state index contributed by atoms with van der Waals surface area (Å²) in [5, 5.41) is 14.3. The van der Waals surface area contributed by atoms with Crippen LogP contribution in [-0.2, 0) is 0 Å². The molecule has 2 N–H and O–H groups in total. The van der Waals surface area contributed by atoms with Crippen LogP contribution in [0.3, 0.4) is 0 Å². The number of aromatic nitrogens is 3. The van der Waals surface area contributed by atoms with Gasteiger partial charge in [0, 0.05) is 11.4 Å². The maximum Gasteiger partial charge on any atom is 0.291 e. The lowest BCUT2D eigenvalue weighted by atomic mass is 9.98. The normalized spacial score (nSPS) is 15.9. The molecular weight excluding hydrogens is 298 g/mol. The van der Waals surface area contributed by atoms with E-state index in [9.17, 15) is 4.79 Å². The number of hydrogen-bond donors (Lipinski definition) is 2. The highest BCUT2D eigenvalue weighted by atomic mass is 32.2. The molecule has 1 aromatic heterocycles. The number of rotatable bonds is 4. The van der Waals surface area contributed by atoms with Gasteiger partial charge in [-0.1, -0.05) is 0 Å². The SMILES string of the molecule is CSc1ccc2nnc(C(=O)NCC3CCNCC3)nc2c1. The second-order valence-electron chi connectivity index (χ2n) is 5.39. The predicted molar refractivity (Wildman–Crippen MR) is 87.0 cm³/mol. The first kappa shape index (κ1) is 15.2. The number of nitrogens with zero attached hydrogens (tertiary/aromatic N) is 3. The lowest BCUT2D eigenvalue weighted by Gasteiger charge is -2.22. The molecule has 0 spiro atoms. The molecule has 0 radical (unpaired) electrons. The average molecular weight is 317 g/mol. The van der Waals surface area contributed by atoms with Crippen LogP contribution in [0.2, 0.25) is 0 Å². The second-order valence-corrected chi connectivity index (χ2v) is 6.27. The van der Waals surface area contributed by atoms with E-state index in [1.165, 1.54) is 0 Å². The molecule has 22 heavy (non-hydrogen) atoms. The third kappa shape index (κ3) is 3.53. The first-order chi connectivity index (χ1) is 10.8. The van der Waals surface area contributed by atoms with E-state index in [1.54, 1.807) is 11.8 Å². The zero-order chi connectivity index (χ0) is 15.4. The number of amides is 1. The van der Waals surface area contributed by atoms with Gasteiger partial charge in [0.2, 0.25) is 5.82 Å². The predicted octanol–water partition coefficient (Wildman–Crippen LogP) is 1.48. The van der Waals surface area contributed by atoms with Gasteiger partial charge in [0.25, 0.3) is 5.91 Å². The van der Waals surface area contributed by atoms with Gasteiger partial charge in [-0.15, -0.1) is 22.0 Å². The van der Waals surface area contributed by atoms with Crippen LogP contribution in [0, 0.1) is 5.92 Å². The summed E-state index contributed by atoms with van der Waals surface area (Å²) in [5.74, 6) is 0.420. The molecule has 1 amide bonds. The molecule has 1 aliphatic heterocycles. The van der Waals surface area contributed by atoms with Crippen molar-refractivity contribution in [3.8, 4) is 0 Å². The van der Waals surface area contributed by atoms with Gasteiger partial charge in [-0.05, 0) is 56.3 Å². The Morgan fingerprint density at radius 1 is 1.32 bits per heavy atom. The van der Waals surface area contributed by atoms with Crippen LogP contribution in [0.25, 0.3) is 11.0 Å². The van der Waals surface area contributed by atoms with E-state index in [-0.39, 0.29) is 11.7 Å². The summed E-state index contributed by atoms with van der Waals surface area (Å²) in [6.45, 7) is 2.71. The Morgan fingerprint density at radius 2 is 2.14 bits per heavy atom. The highest BCUT2D eigenvalue weighted by Crippen LogP contribution is 2.19. The lowest BCUT2D eigenvalue weighted by Crippen LogP contribution is -2.36. The summed E-state index contributed by atoms with van der Waals surface area (Å²) in [7, 11) is 0.